The fraction of sp³-hybridized carbons (Fsp3) is 0.421. The molecule has 26 heavy (non-hydrogen) atoms. The molecule has 136 valence electrons. The number of imide groups is 1. The Balaban J connectivity index is 1.78. The molecule has 2 aliphatic heterocycles. The maximum atomic E-state index is 12.1. The number of allylic oxidation sites excluding steroid dienone is 3. The molecule has 0 spiro atoms. The minimum atomic E-state index is -0.572. The summed E-state index contributed by atoms with van der Waals surface area (Å²) in [5.74, 6) is -1.53. The molecule has 3 rings (SSSR count). The second-order valence-corrected chi connectivity index (χ2v) is 7.58. The monoisotopic (exact) mass is 355 g/mol. The van der Waals surface area contributed by atoms with E-state index in [1.165, 1.54) is 0 Å². The number of nitrogens with zero attached hydrogens (tertiary/aromatic N) is 2. The van der Waals surface area contributed by atoms with E-state index in [-0.39, 0.29) is 48.4 Å². The summed E-state index contributed by atoms with van der Waals surface area (Å²) in [5.41, 5.74) is 1.87. The smallest absolute Gasteiger partial charge is 0.266 e. The van der Waals surface area contributed by atoms with Crippen LogP contribution in [-0.4, -0.2) is 40.8 Å². The summed E-state index contributed by atoms with van der Waals surface area (Å²) in [5, 5.41) is 2.79. The van der Waals surface area contributed by atoms with Gasteiger partial charge in [0.1, 0.15) is 6.54 Å². The first kappa shape index (κ1) is 18.0. The van der Waals surface area contributed by atoms with Crippen molar-refractivity contribution in [1.82, 2.24) is 10.2 Å². The quantitative estimate of drug-likeness (QED) is 0.755. The molecule has 1 unspecified atom stereocenters. The number of rotatable bonds is 2. The molecule has 1 saturated heterocycles. The third-order valence-corrected chi connectivity index (χ3v) is 4.56. The van der Waals surface area contributed by atoms with Crippen LogP contribution >= 0.6 is 0 Å². The van der Waals surface area contributed by atoms with E-state index in [1.54, 1.807) is 18.2 Å². The summed E-state index contributed by atoms with van der Waals surface area (Å²) >= 11 is 0. The van der Waals surface area contributed by atoms with Crippen molar-refractivity contribution in [2.24, 2.45) is 16.3 Å². The van der Waals surface area contributed by atoms with Gasteiger partial charge in [0.15, 0.2) is 0 Å². The Morgan fingerprint density at radius 1 is 1.19 bits per heavy atom. The summed E-state index contributed by atoms with van der Waals surface area (Å²) in [6, 6.07) is 0. The summed E-state index contributed by atoms with van der Waals surface area (Å²) in [4.78, 5) is 52.2. The Morgan fingerprint density at radius 3 is 2.46 bits per heavy atom. The molecule has 7 nitrogen and oxygen atoms in total. The molecule has 1 N–H and O–H groups in total. The van der Waals surface area contributed by atoms with Gasteiger partial charge in [-0.25, -0.2) is 4.99 Å². The second-order valence-electron chi connectivity index (χ2n) is 7.58. The van der Waals surface area contributed by atoms with Crippen molar-refractivity contribution in [3.05, 3.63) is 35.6 Å². The van der Waals surface area contributed by atoms with Crippen LogP contribution < -0.4 is 5.32 Å². The van der Waals surface area contributed by atoms with Crippen LogP contribution in [0.25, 0.3) is 0 Å². The highest BCUT2D eigenvalue weighted by Gasteiger charge is 2.33. The van der Waals surface area contributed by atoms with Crippen LogP contribution in [-0.2, 0) is 19.2 Å². The van der Waals surface area contributed by atoms with Gasteiger partial charge in [-0.15, -0.1) is 0 Å². The van der Waals surface area contributed by atoms with Crippen molar-refractivity contribution in [3.8, 4) is 0 Å². The van der Waals surface area contributed by atoms with Crippen molar-refractivity contribution >= 4 is 29.3 Å². The maximum Gasteiger partial charge on any atom is 0.266 e. The fourth-order valence-electron chi connectivity index (χ4n) is 3.26. The SMILES string of the molecule is CC(C)(C)C1=CC(=O)NC2=CC(=NC(=O)CN3C(=O)CCC3=O)C=CC21. The van der Waals surface area contributed by atoms with Crippen molar-refractivity contribution in [2.45, 2.75) is 33.6 Å². The van der Waals surface area contributed by atoms with Crippen LogP contribution in [0.3, 0.4) is 0 Å². The van der Waals surface area contributed by atoms with Gasteiger partial charge in [-0.1, -0.05) is 26.8 Å². The first-order valence-electron chi connectivity index (χ1n) is 8.53. The molecule has 0 radical (unpaired) electrons. The van der Waals surface area contributed by atoms with Crippen molar-refractivity contribution in [2.75, 3.05) is 6.54 Å². The molecule has 0 saturated carbocycles. The highest BCUT2D eigenvalue weighted by Crippen LogP contribution is 2.38. The number of hydrogen-bond acceptors (Lipinski definition) is 4. The molecule has 1 fully saturated rings. The lowest BCUT2D eigenvalue weighted by Crippen LogP contribution is -2.36. The Kier molecular flexibility index (Phi) is 4.48. The van der Waals surface area contributed by atoms with Crippen LogP contribution in [0.15, 0.2) is 40.6 Å². The number of fused-ring (bicyclic) bond motifs is 1. The van der Waals surface area contributed by atoms with Crippen molar-refractivity contribution < 1.29 is 19.2 Å². The Hall–Kier alpha value is -2.83. The standard InChI is InChI=1S/C19H21N3O4/c1-19(2,3)13-9-15(23)21-14-8-11(4-5-12(13)14)20-16(24)10-22-17(25)6-7-18(22)26/h4-5,8-9,12H,6-7,10H2,1-3H3,(H,21,23). The maximum absolute atomic E-state index is 12.1. The number of aliphatic imine (C=N–C) groups is 1. The minimum absolute atomic E-state index is 0.0662. The summed E-state index contributed by atoms with van der Waals surface area (Å²) in [6.45, 7) is 5.78. The van der Waals surface area contributed by atoms with E-state index in [1.807, 2.05) is 26.8 Å². The number of amides is 4. The number of carbonyl (C=O) groups is 4. The molecule has 1 aliphatic carbocycles. The number of likely N-dealkylation sites (tertiary alicyclic amines) is 1. The van der Waals surface area contributed by atoms with Crippen LogP contribution in [0.5, 0.6) is 0 Å². The zero-order valence-corrected chi connectivity index (χ0v) is 15.0. The molecule has 0 aromatic carbocycles. The van der Waals surface area contributed by atoms with Gasteiger partial charge in [0.25, 0.3) is 5.91 Å². The highest BCUT2D eigenvalue weighted by molar-refractivity contribution is 6.12. The van der Waals surface area contributed by atoms with Gasteiger partial charge in [0.05, 0.1) is 5.71 Å². The van der Waals surface area contributed by atoms with Crippen molar-refractivity contribution in [3.63, 3.8) is 0 Å². The predicted octanol–water partition coefficient (Wildman–Crippen LogP) is 1.28. The lowest BCUT2D eigenvalue weighted by Gasteiger charge is -2.34. The van der Waals surface area contributed by atoms with E-state index >= 15 is 0 Å². The average Bonchev–Trinajstić information content (AvgIpc) is 2.84. The van der Waals surface area contributed by atoms with Gasteiger partial charge in [-0.2, -0.15) is 0 Å². The summed E-state index contributed by atoms with van der Waals surface area (Å²) < 4.78 is 0. The third kappa shape index (κ3) is 3.56. The van der Waals surface area contributed by atoms with E-state index in [0.717, 1.165) is 10.5 Å². The summed E-state index contributed by atoms with van der Waals surface area (Å²) in [6.07, 6.45) is 7.17. The molecular weight excluding hydrogens is 334 g/mol. The molecule has 3 aliphatic rings. The van der Waals surface area contributed by atoms with E-state index in [9.17, 15) is 19.2 Å². The molecule has 4 amide bonds. The Labute approximate surface area is 151 Å². The van der Waals surface area contributed by atoms with E-state index in [0.29, 0.717) is 11.4 Å². The molecule has 0 bridgehead atoms. The van der Waals surface area contributed by atoms with Crippen LogP contribution in [0.1, 0.15) is 33.6 Å². The number of nitrogens with one attached hydrogen (secondary N) is 1. The Morgan fingerprint density at radius 2 is 1.85 bits per heavy atom. The number of hydrogen-bond donors (Lipinski definition) is 1. The van der Waals surface area contributed by atoms with E-state index < -0.39 is 5.91 Å². The zero-order valence-electron chi connectivity index (χ0n) is 15.0. The van der Waals surface area contributed by atoms with Crippen LogP contribution in [0.4, 0.5) is 0 Å². The van der Waals surface area contributed by atoms with Crippen molar-refractivity contribution in [1.29, 1.82) is 0 Å². The molecule has 0 aromatic rings. The lowest BCUT2D eigenvalue weighted by molar-refractivity contribution is -0.141. The first-order chi connectivity index (χ1) is 12.1. The molecule has 2 heterocycles. The third-order valence-electron chi connectivity index (χ3n) is 4.56. The lowest BCUT2D eigenvalue weighted by atomic mass is 9.74. The fourth-order valence-corrected chi connectivity index (χ4v) is 3.26. The average molecular weight is 355 g/mol. The summed E-state index contributed by atoms with van der Waals surface area (Å²) in [7, 11) is 0. The highest BCUT2D eigenvalue weighted by atomic mass is 16.2. The van der Waals surface area contributed by atoms with Gasteiger partial charge >= 0.3 is 0 Å². The number of carbonyl (C=O) groups excluding carboxylic acids is 4. The van der Waals surface area contributed by atoms with Gasteiger partial charge in [-0.05, 0) is 23.1 Å². The van der Waals surface area contributed by atoms with E-state index in [2.05, 4.69) is 10.3 Å². The van der Waals surface area contributed by atoms with Gasteiger partial charge in [0, 0.05) is 30.5 Å². The topological polar surface area (TPSA) is 95.9 Å². The van der Waals surface area contributed by atoms with Gasteiger partial charge in [0.2, 0.25) is 17.7 Å². The first-order valence-corrected chi connectivity index (χ1v) is 8.53. The van der Waals surface area contributed by atoms with Crippen LogP contribution in [0.2, 0.25) is 0 Å². The van der Waals surface area contributed by atoms with E-state index in [4.69, 9.17) is 0 Å². The Bertz CT molecular complexity index is 808. The minimum Gasteiger partial charge on any atom is -0.325 e. The largest absolute Gasteiger partial charge is 0.325 e. The molecule has 7 heteroatoms. The molecule has 1 atom stereocenters. The zero-order chi connectivity index (χ0) is 19.1. The van der Waals surface area contributed by atoms with Crippen LogP contribution in [0, 0.1) is 11.3 Å². The van der Waals surface area contributed by atoms with Gasteiger partial charge < -0.3 is 5.32 Å². The van der Waals surface area contributed by atoms with Gasteiger partial charge in [-0.3, -0.25) is 24.1 Å². The normalized spacial score (nSPS) is 24.4. The second kappa shape index (κ2) is 6.48. The predicted molar refractivity (Wildman–Crippen MR) is 94.8 cm³/mol. The molecule has 0 aromatic heterocycles. The molecular formula is C19H21N3O4.